The molecule has 0 aliphatic carbocycles. The minimum absolute atomic E-state index is 0.0619. The quantitative estimate of drug-likeness (QED) is 0.165. The normalized spacial score (nSPS) is 18.3. The first-order valence-corrected chi connectivity index (χ1v) is 13.6. The van der Waals surface area contributed by atoms with Gasteiger partial charge in [0, 0.05) is 29.2 Å². The number of aromatic hydroxyl groups is 1. The number of rotatable bonds is 10. The van der Waals surface area contributed by atoms with E-state index in [1.807, 2.05) is 0 Å². The number of hydrogen-bond donors (Lipinski definition) is 1. The van der Waals surface area contributed by atoms with Gasteiger partial charge in [-0.3, -0.25) is 9.59 Å². The predicted molar refractivity (Wildman–Crippen MR) is 130 cm³/mol. The van der Waals surface area contributed by atoms with Crippen molar-refractivity contribution in [1.29, 1.82) is 0 Å². The lowest BCUT2D eigenvalue weighted by Gasteiger charge is -2.29. The van der Waals surface area contributed by atoms with Gasteiger partial charge in [0.15, 0.2) is 0 Å². The van der Waals surface area contributed by atoms with Crippen LogP contribution in [0.4, 0.5) is 0 Å². The molecule has 0 saturated carbocycles. The zero-order valence-corrected chi connectivity index (χ0v) is 20.9. The molecule has 1 saturated heterocycles. The molecule has 1 aromatic carbocycles. The highest BCUT2D eigenvalue weighted by Gasteiger charge is 2.43. The largest absolute Gasteiger partial charge is 0.508 e. The average molecular weight is 500 g/mol. The summed E-state index contributed by atoms with van der Waals surface area (Å²) in [7, 11) is 3.16. The van der Waals surface area contributed by atoms with Crippen LogP contribution in [0.5, 0.6) is 5.75 Å². The molecule has 176 valence electrons. The zero-order valence-electron chi connectivity index (χ0n) is 18.4. The van der Waals surface area contributed by atoms with Crippen LogP contribution < -0.4 is 0 Å². The number of hydrogen-bond acceptors (Lipinski definition) is 9. The van der Waals surface area contributed by atoms with Crippen LogP contribution in [-0.2, 0) is 23.9 Å². The molecule has 1 aliphatic rings. The van der Waals surface area contributed by atoms with E-state index >= 15 is 0 Å². The number of benzene rings is 1. The number of phenols is 1. The van der Waals surface area contributed by atoms with Crippen LogP contribution >= 0.6 is 33.3 Å². The Kier molecular flexibility index (Phi) is 10.3. The Balaban J connectivity index is 2.09. The van der Waals surface area contributed by atoms with Gasteiger partial charge in [-0.25, -0.2) is 4.79 Å². The third kappa shape index (κ3) is 7.38. The summed E-state index contributed by atoms with van der Waals surface area (Å²) in [4.78, 5) is 39.2. The van der Waals surface area contributed by atoms with Crippen molar-refractivity contribution in [3.8, 4) is 5.75 Å². The number of para-hydroxylation sites is 1. The number of ether oxygens (including phenoxy) is 2. The smallest absolute Gasteiger partial charge is 0.332 e. The van der Waals surface area contributed by atoms with Crippen molar-refractivity contribution in [3.05, 3.63) is 42.5 Å². The average Bonchev–Trinajstić information content (AvgIpc) is 3.18. The number of thioether (sulfide) groups is 1. The highest BCUT2D eigenvalue weighted by Crippen LogP contribution is 2.45. The number of amides is 1. The molecule has 1 N–H and O–H groups in total. The Bertz CT molecular complexity index is 826. The van der Waals surface area contributed by atoms with Crippen molar-refractivity contribution >= 4 is 51.2 Å². The van der Waals surface area contributed by atoms with Crippen LogP contribution in [0.1, 0.15) is 38.1 Å². The fraction of sp³-hybridized carbons (Fsp3) is 0.500. The van der Waals surface area contributed by atoms with Crippen molar-refractivity contribution in [2.75, 3.05) is 24.1 Å². The second-order valence-electron chi connectivity index (χ2n) is 7.97. The van der Waals surface area contributed by atoms with Crippen LogP contribution in [0.15, 0.2) is 36.9 Å². The fourth-order valence-electron chi connectivity index (χ4n) is 2.80. The van der Waals surface area contributed by atoms with Crippen LogP contribution in [0.25, 0.3) is 0 Å². The number of phenolic OH excluding ortho intramolecular Hbond substituents is 1. The van der Waals surface area contributed by atoms with E-state index in [-0.39, 0.29) is 18.1 Å². The lowest BCUT2D eigenvalue weighted by Crippen LogP contribution is -2.44. The first-order valence-electron chi connectivity index (χ1n) is 10.1. The van der Waals surface area contributed by atoms with E-state index in [1.165, 1.54) is 16.7 Å². The van der Waals surface area contributed by atoms with Crippen LogP contribution in [0.2, 0.25) is 0 Å². The Morgan fingerprint density at radius 1 is 1.25 bits per heavy atom. The second-order valence-corrected chi connectivity index (χ2v) is 11.7. The van der Waals surface area contributed by atoms with Crippen molar-refractivity contribution in [2.45, 2.75) is 38.6 Å². The Morgan fingerprint density at radius 3 is 2.62 bits per heavy atom. The minimum atomic E-state index is -0.837. The molecule has 1 heterocycles. The van der Waals surface area contributed by atoms with Gasteiger partial charge in [-0.05, 0) is 26.8 Å². The zero-order chi connectivity index (χ0) is 23.7. The Hall–Kier alpha value is -1.78. The van der Waals surface area contributed by atoms with Gasteiger partial charge in [0.1, 0.15) is 17.2 Å². The van der Waals surface area contributed by atoms with Crippen LogP contribution in [-0.4, -0.2) is 57.9 Å². The van der Waals surface area contributed by atoms with E-state index in [1.54, 1.807) is 72.7 Å². The molecule has 0 bridgehead atoms. The van der Waals surface area contributed by atoms with Crippen molar-refractivity contribution in [2.24, 2.45) is 5.41 Å². The van der Waals surface area contributed by atoms with Gasteiger partial charge >= 0.3 is 11.9 Å². The van der Waals surface area contributed by atoms with Gasteiger partial charge in [0.2, 0.25) is 12.7 Å². The molecule has 2 rings (SSSR count). The summed E-state index contributed by atoms with van der Waals surface area (Å²) >= 11 is 1.39. The molecule has 1 aliphatic heterocycles. The van der Waals surface area contributed by atoms with E-state index in [0.717, 1.165) is 5.75 Å². The molecule has 10 heteroatoms. The maximum absolute atomic E-state index is 13.1. The summed E-state index contributed by atoms with van der Waals surface area (Å²) in [6.07, 6.45) is 2.03. The SMILES string of the molecule is C=CCSSCCC(=O)N1C(C(=O)OCOC(=O)C(C)(C)C)CSC1c1ccccc1O. The van der Waals surface area contributed by atoms with Gasteiger partial charge in [0.25, 0.3) is 0 Å². The summed E-state index contributed by atoms with van der Waals surface area (Å²) in [5.41, 5.74) is -0.150. The van der Waals surface area contributed by atoms with E-state index in [9.17, 15) is 19.5 Å². The van der Waals surface area contributed by atoms with E-state index in [2.05, 4.69) is 6.58 Å². The molecule has 2 unspecified atom stereocenters. The maximum atomic E-state index is 13.1. The molecule has 1 fully saturated rings. The molecule has 32 heavy (non-hydrogen) atoms. The van der Waals surface area contributed by atoms with Crippen molar-refractivity contribution < 1.29 is 29.0 Å². The third-order valence-corrected chi connectivity index (χ3v) is 8.06. The molecule has 2 atom stereocenters. The molecule has 1 aromatic rings. The second kappa shape index (κ2) is 12.5. The summed E-state index contributed by atoms with van der Waals surface area (Å²) in [6.45, 7) is 8.27. The highest BCUT2D eigenvalue weighted by atomic mass is 33.1. The first kappa shape index (κ1) is 26.5. The van der Waals surface area contributed by atoms with Crippen molar-refractivity contribution in [3.63, 3.8) is 0 Å². The van der Waals surface area contributed by atoms with E-state index in [4.69, 9.17) is 9.47 Å². The molecule has 1 amide bonds. The van der Waals surface area contributed by atoms with Gasteiger partial charge in [0.05, 0.1) is 5.41 Å². The lowest BCUT2D eigenvalue weighted by atomic mass is 9.98. The lowest BCUT2D eigenvalue weighted by molar-refractivity contribution is -0.176. The topological polar surface area (TPSA) is 93.1 Å². The molecular weight excluding hydrogens is 470 g/mol. The Morgan fingerprint density at radius 2 is 1.97 bits per heavy atom. The molecular formula is C22H29NO6S3. The van der Waals surface area contributed by atoms with Crippen LogP contribution in [0.3, 0.4) is 0 Å². The van der Waals surface area contributed by atoms with Crippen molar-refractivity contribution in [1.82, 2.24) is 4.90 Å². The molecule has 0 aromatic heterocycles. The summed E-state index contributed by atoms with van der Waals surface area (Å²) in [6, 6.07) is 5.93. The van der Waals surface area contributed by atoms with Gasteiger partial charge in [-0.2, -0.15) is 0 Å². The summed E-state index contributed by atoms with van der Waals surface area (Å²) < 4.78 is 10.2. The molecule has 7 nitrogen and oxygen atoms in total. The standard InChI is InChI=1S/C22H29NO6S3/c1-5-11-31-32-12-10-18(25)23-16(20(26)28-14-29-21(27)22(2,3)4)13-30-19(23)15-8-6-7-9-17(15)24/h5-9,16,19,24H,1,10-14H2,2-4H3. The summed E-state index contributed by atoms with van der Waals surface area (Å²) in [5.74, 6) is 0.405. The number of nitrogens with zero attached hydrogens (tertiary/aromatic N) is 1. The van der Waals surface area contributed by atoms with E-state index < -0.39 is 35.6 Å². The molecule has 0 spiro atoms. The third-order valence-electron chi connectivity index (χ3n) is 4.44. The highest BCUT2D eigenvalue weighted by molar-refractivity contribution is 8.76. The van der Waals surface area contributed by atoms with Crippen LogP contribution in [0, 0.1) is 5.41 Å². The fourth-order valence-corrected chi connectivity index (χ4v) is 6.01. The number of carbonyl (C=O) groups excluding carboxylic acids is 3. The van der Waals surface area contributed by atoms with E-state index in [0.29, 0.717) is 17.1 Å². The van der Waals surface area contributed by atoms with Gasteiger partial charge < -0.3 is 19.5 Å². The maximum Gasteiger partial charge on any atom is 0.332 e. The number of esters is 2. The first-order chi connectivity index (χ1) is 15.2. The predicted octanol–water partition coefficient (Wildman–Crippen LogP) is 4.38. The monoisotopic (exact) mass is 499 g/mol. The number of carbonyl (C=O) groups is 3. The summed E-state index contributed by atoms with van der Waals surface area (Å²) in [5, 5.41) is 9.80. The molecule has 0 radical (unpaired) electrons. The van der Waals surface area contributed by atoms with Gasteiger partial charge in [-0.1, -0.05) is 45.9 Å². The Labute approximate surface area is 201 Å². The van der Waals surface area contributed by atoms with Gasteiger partial charge in [-0.15, -0.1) is 18.3 Å². The minimum Gasteiger partial charge on any atom is -0.508 e.